The fourth-order valence-electron chi connectivity index (χ4n) is 3.88. The Morgan fingerprint density at radius 1 is 1.22 bits per heavy atom. The van der Waals surface area contributed by atoms with E-state index in [1.807, 2.05) is 0 Å². The summed E-state index contributed by atoms with van der Waals surface area (Å²) >= 11 is 0. The van der Waals surface area contributed by atoms with Crippen molar-refractivity contribution in [1.82, 2.24) is 9.88 Å². The minimum Gasteiger partial charge on any atom is -0.490 e. The lowest BCUT2D eigenvalue weighted by Crippen LogP contribution is -2.37. The van der Waals surface area contributed by atoms with E-state index in [9.17, 15) is 9.59 Å². The second-order valence-electron chi connectivity index (χ2n) is 7.19. The summed E-state index contributed by atoms with van der Waals surface area (Å²) in [6, 6.07) is 1.60. The molecule has 1 amide bonds. The molecule has 0 saturated heterocycles. The van der Waals surface area contributed by atoms with Crippen LogP contribution in [0.4, 0.5) is 0 Å². The lowest BCUT2D eigenvalue weighted by molar-refractivity contribution is 0.0923. The molecule has 1 N–H and O–H groups in total. The first-order valence-electron chi connectivity index (χ1n) is 9.97. The van der Waals surface area contributed by atoms with E-state index in [0.717, 1.165) is 25.7 Å². The molecule has 2 heterocycles. The second-order valence-corrected chi connectivity index (χ2v) is 7.19. The zero-order valence-electron chi connectivity index (χ0n) is 16.1. The van der Waals surface area contributed by atoms with Gasteiger partial charge in [-0.3, -0.25) is 9.59 Å². The number of aromatic nitrogens is 1. The van der Waals surface area contributed by atoms with E-state index in [0.29, 0.717) is 56.4 Å². The van der Waals surface area contributed by atoms with Gasteiger partial charge in [-0.2, -0.15) is 0 Å². The van der Waals surface area contributed by atoms with Crippen molar-refractivity contribution < 1.29 is 19.0 Å². The molecule has 1 aliphatic carbocycles. The van der Waals surface area contributed by atoms with Crippen LogP contribution in [0.5, 0.6) is 5.75 Å². The van der Waals surface area contributed by atoms with Gasteiger partial charge >= 0.3 is 0 Å². The first kappa shape index (κ1) is 19.9. The monoisotopic (exact) mass is 378 g/mol. The third kappa shape index (κ3) is 5.11. The van der Waals surface area contributed by atoms with E-state index in [-0.39, 0.29) is 17.5 Å². The highest BCUT2D eigenvalue weighted by Gasteiger charge is 2.26. The van der Waals surface area contributed by atoms with Gasteiger partial charge in [-0.1, -0.05) is 25.7 Å². The van der Waals surface area contributed by atoms with Crippen molar-refractivity contribution in [2.24, 2.45) is 0 Å². The van der Waals surface area contributed by atoms with E-state index in [2.05, 4.69) is 5.32 Å². The zero-order chi connectivity index (χ0) is 19.1. The molecule has 27 heavy (non-hydrogen) atoms. The molecule has 0 spiro atoms. The van der Waals surface area contributed by atoms with Crippen LogP contribution in [-0.4, -0.2) is 50.1 Å². The van der Waals surface area contributed by atoms with Crippen LogP contribution < -0.4 is 15.6 Å². The highest BCUT2D eigenvalue weighted by Crippen LogP contribution is 2.24. The van der Waals surface area contributed by atoms with Crippen LogP contribution in [-0.2, 0) is 22.4 Å². The number of rotatable bonds is 6. The molecule has 1 fully saturated rings. The topological polar surface area (TPSA) is 78.8 Å². The first-order valence-corrected chi connectivity index (χ1v) is 9.97. The normalized spacial score (nSPS) is 18.3. The Hall–Kier alpha value is -1.86. The molecule has 150 valence electrons. The van der Waals surface area contributed by atoms with Gasteiger partial charge in [0.2, 0.25) is 0 Å². The van der Waals surface area contributed by atoms with Crippen LogP contribution in [0, 0.1) is 0 Å². The van der Waals surface area contributed by atoms with Gasteiger partial charge in [-0.25, -0.2) is 0 Å². The van der Waals surface area contributed by atoms with Crippen molar-refractivity contribution in [2.75, 3.05) is 33.5 Å². The maximum atomic E-state index is 13.2. The average Bonchev–Trinajstić information content (AvgIpc) is 3.05. The Morgan fingerprint density at radius 2 is 2.00 bits per heavy atom. The third-order valence-electron chi connectivity index (χ3n) is 5.29. The lowest BCUT2D eigenvalue weighted by Gasteiger charge is -2.21. The standard InChI is InChI=1S/C20H30N2O5/c1-25-12-13-27-17-14-18(23)22-9-11-26-10-8-16(22)19(17)20(24)21-15-6-4-2-3-5-7-15/h14-15H,2-13H2,1H3,(H,21,24). The molecule has 1 saturated carbocycles. The average molecular weight is 378 g/mol. The van der Waals surface area contributed by atoms with Gasteiger partial charge in [0.15, 0.2) is 0 Å². The van der Waals surface area contributed by atoms with Gasteiger partial charge in [0.05, 0.1) is 19.8 Å². The molecule has 0 radical (unpaired) electrons. The molecule has 1 aromatic rings. The summed E-state index contributed by atoms with van der Waals surface area (Å²) in [5.74, 6) is 0.191. The van der Waals surface area contributed by atoms with Crippen LogP contribution >= 0.6 is 0 Å². The number of nitrogens with zero attached hydrogens (tertiary/aromatic N) is 1. The molecular formula is C20H30N2O5. The number of methoxy groups -OCH3 is 1. The van der Waals surface area contributed by atoms with Crippen molar-refractivity contribution in [1.29, 1.82) is 0 Å². The molecule has 2 aliphatic rings. The summed E-state index contributed by atoms with van der Waals surface area (Å²) in [7, 11) is 1.59. The predicted molar refractivity (Wildman–Crippen MR) is 102 cm³/mol. The maximum Gasteiger partial charge on any atom is 0.257 e. The van der Waals surface area contributed by atoms with E-state index in [1.54, 1.807) is 11.7 Å². The number of amides is 1. The summed E-state index contributed by atoms with van der Waals surface area (Å²) < 4.78 is 18.0. The predicted octanol–water partition coefficient (Wildman–Crippen LogP) is 1.90. The van der Waals surface area contributed by atoms with Crippen molar-refractivity contribution >= 4 is 5.91 Å². The van der Waals surface area contributed by atoms with E-state index < -0.39 is 0 Å². The van der Waals surface area contributed by atoms with Gasteiger partial charge in [0.25, 0.3) is 11.5 Å². The van der Waals surface area contributed by atoms with Gasteiger partial charge in [-0.05, 0) is 12.8 Å². The zero-order valence-corrected chi connectivity index (χ0v) is 16.1. The van der Waals surface area contributed by atoms with Crippen LogP contribution in [0.15, 0.2) is 10.9 Å². The van der Waals surface area contributed by atoms with Crippen LogP contribution in [0.1, 0.15) is 54.6 Å². The second kappa shape index (κ2) is 9.90. The maximum absolute atomic E-state index is 13.2. The smallest absolute Gasteiger partial charge is 0.257 e. The van der Waals surface area contributed by atoms with Gasteiger partial charge < -0.3 is 24.1 Å². The quantitative estimate of drug-likeness (QED) is 0.604. The molecule has 0 aromatic carbocycles. The molecule has 0 atom stereocenters. The number of hydrogen-bond acceptors (Lipinski definition) is 5. The summed E-state index contributed by atoms with van der Waals surface area (Å²) in [6.45, 7) is 2.10. The van der Waals surface area contributed by atoms with Crippen molar-refractivity contribution in [3.63, 3.8) is 0 Å². The Balaban J connectivity index is 1.91. The lowest BCUT2D eigenvalue weighted by atomic mass is 10.1. The highest BCUT2D eigenvalue weighted by molar-refractivity contribution is 5.98. The fraction of sp³-hybridized carbons (Fsp3) is 0.700. The van der Waals surface area contributed by atoms with Crippen LogP contribution in [0.2, 0.25) is 0 Å². The SMILES string of the molecule is COCCOc1cc(=O)n2c(c1C(=O)NC1CCCCCC1)CCOCC2. The molecule has 1 aliphatic heterocycles. The number of nitrogens with one attached hydrogen (secondary N) is 1. The largest absolute Gasteiger partial charge is 0.490 e. The van der Waals surface area contributed by atoms with E-state index >= 15 is 0 Å². The van der Waals surface area contributed by atoms with Crippen LogP contribution in [0.3, 0.4) is 0 Å². The van der Waals surface area contributed by atoms with Crippen LogP contribution in [0.25, 0.3) is 0 Å². The summed E-state index contributed by atoms with van der Waals surface area (Å²) in [5, 5.41) is 3.19. The number of hydrogen-bond donors (Lipinski definition) is 1. The number of carbonyl (C=O) groups is 1. The van der Waals surface area contributed by atoms with Crippen molar-refractivity contribution in [3.05, 3.63) is 27.7 Å². The minimum atomic E-state index is -0.158. The highest BCUT2D eigenvalue weighted by atomic mass is 16.5. The Morgan fingerprint density at radius 3 is 2.74 bits per heavy atom. The molecular weight excluding hydrogens is 348 g/mol. The molecule has 1 aromatic heterocycles. The first-order chi connectivity index (χ1) is 13.2. The van der Waals surface area contributed by atoms with Crippen molar-refractivity contribution in [3.8, 4) is 5.75 Å². The number of ether oxygens (including phenoxy) is 3. The molecule has 7 heteroatoms. The Labute approximate surface area is 160 Å². The summed E-state index contributed by atoms with van der Waals surface area (Å²) in [6.07, 6.45) is 7.26. The number of pyridine rings is 1. The number of fused-ring (bicyclic) bond motifs is 1. The molecule has 0 unspecified atom stereocenters. The summed E-state index contributed by atoms with van der Waals surface area (Å²) in [4.78, 5) is 25.7. The third-order valence-corrected chi connectivity index (χ3v) is 5.29. The summed E-state index contributed by atoms with van der Waals surface area (Å²) in [5.41, 5.74) is 1.02. The molecule has 3 rings (SSSR count). The van der Waals surface area contributed by atoms with Gasteiger partial charge in [0.1, 0.15) is 17.9 Å². The Bertz CT molecular complexity index is 692. The number of carbonyl (C=O) groups excluding carboxylic acids is 1. The minimum absolute atomic E-state index is 0.153. The Kier molecular flexibility index (Phi) is 7.29. The fourth-order valence-corrected chi connectivity index (χ4v) is 3.88. The molecule has 7 nitrogen and oxygen atoms in total. The molecule has 0 bridgehead atoms. The van der Waals surface area contributed by atoms with Crippen molar-refractivity contribution in [2.45, 2.75) is 57.5 Å². The van der Waals surface area contributed by atoms with E-state index in [4.69, 9.17) is 14.2 Å². The van der Waals surface area contributed by atoms with E-state index in [1.165, 1.54) is 18.9 Å². The van der Waals surface area contributed by atoms with Gasteiger partial charge in [-0.15, -0.1) is 0 Å². The van der Waals surface area contributed by atoms with Gasteiger partial charge in [0, 0.05) is 37.9 Å².